The maximum atomic E-state index is 11.1. The summed E-state index contributed by atoms with van der Waals surface area (Å²) in [4.78, 5) is 11.1. The molecule has 0 atom stereocenters. The fourth-order valence-corrected chi connectivity index (χ4v) is 1.14. The third kappa shape index (κ3) is 12.9. The number of carbonyl (C=O) groups excluding carboxylic acids is 1. The van der Waals surface area contributed by atoms with Crippen LogP contribution in [0.15, 0.2) is 24.8 Å². The predicted octanol–water partition coefficient (Wildman–Crippen LogP) is 2.49. The van der Waals surface area contributed by atoms with Gasteiger partial charge in [0.2, 0.25) is 0 Å². The molecule has 0 rings (SSSR count). The Kier molecular flexibility index (Phi) is 11.6. The van der Waals surface area contributed by atoms with Crippen LogP contribution < -0.4 is 0 Å². The molecule has 4 heteroatoms. The van der Waals surface area contributed by atoms with Gasteiger partial charge in [-0.3, -0.25) is 0 Å². The van der Waals surface area contributed by atoms with Gasteiger partial charge in [0.1, 0.15) is 0 Å². The zero-order valence-corrected chi connectivity index (χ0v) is 11.4. The van der Waals surface area contributed by atoms with Gasteiger partial charge in [0.25, 0.3) is 0 Å². The standard InChI is InChI=1S/C14H24O4/c1-4-9-16-10-5-6-11-17-12-7-8-14(15)18-13(2)3/h4,7-8,13H,1,5-6,9-12H2,2-3H3/b8-7+. The number of unbranched alkanes of at least 4 members (excludes halogenated alkanes) is 1. The van der Waals surface area contributed by atoms with E-state index in [4.69, 9.17) is 14.2 Å². The minimum atomic E-state index is -0.327. The lowest BCUT2D eigenvalue weighted by Crippen LogP contribution is -2.08. The Morgan fingerprint density at radius 2 is 1.78 bits per heavy atom. The van der Waals surface area contributed by atoms with E-state index < -0.39 is 0 Å². The first kappa shape index (κ1) is 16.9. The maximum absolute atomic E-state index is 11.1. The Morgan fingerprint density at radius 3 is 2.33 bits per heavy atom. The summed E-state index contributed by atoms with van der Waals surface area (Å²) in [5, 5.41) is 0. The number of esters is 1. The van der Waals surface area contributed by atoms with E-state index in [1.807, 2.05) is 13.8 Å². The van der Waals surface area contributed by atoms with Gasteiger partial charge in [-0.05, 0) is 26.7 Å². The second-order valence-corrected chi connectivity index (χ2v) is 4.03. The number of hydrogen-bond acceptors (Lipinski definition) is 4. The molecule has 0 aromatic rings. The molecule has 0 aromatic heterocycles. The Morgan fingerprint density at radius 1 is 1.17 bits per heavy atom. The largest absolute Gasteiger partial charge is 0.460 e. The molecule has 0 aliphatic carbocycles. The molecular formula is C14H24O4. The summed E-state index contributed by atoms with van der Waals surface area (Å²) in [6, 6.07) is 0. The fourth-order valence-electron chi connectivity index (χ4n) is 1.14. The first-order valence-electron chi connectivity index (χ1n) is 6.30. The molecule has 0 heterocycles. The number of carbonyl (C=O) groups is 1. The Bertz CT molecular complexity index is 246. The summed E-state index contributed by atoms with van der Waals surface area (Å²) < 4.78 is 15.5. The van der Waals surface area contributed by atoms with E-state index in [1.54, 1.807) is 12.2 Å². The van der Waals surface area contributed by atoms with Gasteiger partial charge < -0.3 is 14.2 Å². The topological polar surface area (TPSA) is 44.8 Å². The highest BCUT2D eigenvalue weighted by Crippen LogP contribution is 1.93. The van der Waals surface area contributed by atoms with Crippen LogP contribution >= 0.6 is 0 Å². The van der Waals surface area contributed by atoms with E-state index in [0.717, 1.165) is 19.4 Å². The molecule has 0 saturated heterocycles. The van der Waals surface area contributed by atoms with Gasteiger partial charge in [-0.2, -0.15) is 0 Å². The SMILES string of the molecule is C=CCOCCCCOC/C=C/C(=O)OC(C)C. The van der Waals surface area contributed by atoms with Gasteiger partial charge in [-0.15, -0.1) is 6.58 Å². The van der Waals surface area contributed by atoms with Gasteiger partial charge in [0, 0.05) is 19.3 Å². The summed E-state index contributed by atoms with van der Waals surface area (Å²) in [6.07, 6.45) is 6.62. The predicted molar refractivity (Wildman–Crippen MR) is 71.4 cm³/mol. The first-order chi connectivity index (χ1) is 8.66. The quantitative estimate of drug-likeness (QED) is 0.246. The summed E-state index contributed by atoms with van der Waals surface area (Å²) in [5.74, 6) is -0.327. The summed E-state index contributed by atoms with van der Waals surface area (Å²) in [7, 11) is 0. The molecule has 0 saturated carbocycles. The molecule has 0 unspecified atom stereocenters. The van der Waals surface area contributed by atoms with Crippen molar-refractivity contribution in [1.29, 1.82) is 0 Å². The van der Waals surface area contributed by atoms with E-state index in [1.165, 1.54) is 6.08 Å². The smallest absolute Gasteiger partial charge is 0.330 e. The van der Waals surface area contributed by atoms with Gasteiger partial charge in [-0.25, -0.2) is 4.79 Å². The number of ether oxygens (including phenoxy) is 3. The Hall–Kier alpha value is -1.13. The number of hydrogen-bond donors (Lipinski definition) is 0. The van der Waals surface area contributed by atoms with Crippen molar-refractivity contribution in [2.24, 2.45) is 0 Å². The second kappa shape index (κ2) is 12.3. The van der Waals surface area contributed by atoms with Crippen molar-refractivity contribution < 1.29 is 19.0 Å². The van der Waals surface area contributed by atoms with Gasteiger partial charge in [0.05, 0.1) is 19.3 Å². The van der Waals surface area contributed by atoms with Crippen molar-refractivity contribution in [3.63, 3.8) is 0 Å². The lowest BCUT2D eigenvalue weighted by molar-refractivity contribution is -0.141. The summed E-state index contributed by atoms with van der Waals surface area (Å²) >= 11 is 0. The highest BCUT2D eigenvalue weighted by molar-refractivity contribution is 5.81. The van der Waals surface area contributed by atoms with E-state index in [2.05, 4.69) is 6.58 Å². The van der Waals surface area contributed by atoms with Crippen LogP contribution in [0.3, 0.4) is 0 Å². The molecule has 0 N–H and O–H groups in total. The highest BCUT2D eigenvalue weighted by Gasteiger charge is 1.98. The molecule has 18 heavy (non-hydrogen) atoms. The van der Waals surface area contributed by atoms with Gasteiger partial charge >= 0.3 is 5.97 Å². The fraction of sp³-hybridized carbons (Fsp3) is 0.643. The third-order valence-corrected chi connectivity index (χ3v) is 1.88. The summed E-state index contributed by atoms with van der Waals surface area (Å²) in [6.45, 7) is 9.62. The molecule has 0 fully saturated rings. The van der Waals surface area contributed by atoms with Crippen LogP contribution in [0.1, 0.15) is 26.7 Å². The van der Waals surface area contributed by atoms with Crippen molar-refractivity contribution in [2.45, 2.75) is 32.8 Å². The molecular weight excluding hydrogens is 232 g/mol. The van der Waals surface area contributed by atoms with E-state index >= 15 is 0 Å². The van der Waals surface area contributed by atoms with Crippen molar-refractivity contribution in [2.75, 3.05) is 26.4 Å². The van der Waals surface area contributed by atoms with Crippen LogP contribution in [0.25, 0.3) is 0 Å². The molecule has 0 spiro atoms. The molecule has 0 amide bonds. The average Bonchev–Trinajstić information content (AvgIpc) is 2.30. The summed E-state index contributed by atoms with van der Waals surface area (Å²) in [5.41, 5.74) is 0. The number of rotatable bonds is 11. The lowest BCUT2D eigenvalue weighted by Gasteiger charge is -2.04. The minimum absolute atomic E-state index is 0.0846. The lowest BCUT2D eigenvalue weighted by atomic mass is 10.3. The monoisotopic (exact) mass is 256 g/mol. The van der Waals surface area contributed by atoms with Crippen LogP contribution in [0.5, 0.6) is 0 Å². The van der Waals surface area contributed by atoms with Crippen molar-refractivity contribution in [1.82, 2.24) is 0 Å². The maximum Gasteiger partial charge on any atom is 0.330 e. The first-order valence-corrected chi connectivity index (χ1v) is 6.30. The Balaban J connectivity index is 3.26. The van der Waals surface area contributed by atoms with Crippen LogP contribution in [0.4, 0.5) is 0 Å². The van der Waals surface area contributed by atoms with Crippen LogP contribution in [-0.4, -0.2) is 38.5 Å². The van der Waals surface area contributed by atoms with Gasteiger partial charge in [0.15, 0.2) is 0 Å². The highest BCUT2D eigenvalue weighted by atomic mass is 16.5. The zero-order valence-electron chi connectivity index (χ0n) is 11.4. The normalized spacial score (nSPS) is 11.1. The van der Waals surface area contributed by atoms with Crippen LogP contribution in [-0.2, 0) is 19.0 Å². The molecule has 4 nitrogen and oxygen atoms in total. The van der Waals surface area contributed by atoms with E-state index in [0.29, 0.717) is 19.8 Å². The van der Waals surface area contributed by atoms with E-state index in [-0.39, 0.29) is 12.1 Å². The molecule has 104 valence electrons. The minimum Gasteiger partial charge on any atom is -0.460 e. The molecule has 0 radical (unpaired) electrons. The molecule has 0 aliphatic rings. The van der Waals surface area contributed by atoms with Crippen molar-refractivity contribution in [3.05, 3.63) is 24.8 Å². The van der Waals surface area contributed by atoms with Gasteiger partial charge in [-0.1, -0.05) is 12.2 Å². The van der Waals surface area contributed by atoms with Crippen molar-refractivity contribution in [3.8, 4) is 0 Å². The second-order valence-electron chi connectivity index (χ2n) is 4.03. The average molecular weight is 256 g/mol. The molecule has 0 bridgehead atoms. The van der Waals surface area contributed by atoms with Crippen molar-refractivity contribution >= 4 is 5.97 Å². The Labute approximate surface area is 110 Å². The van der Waals surface area contributed by atoms with Crippen LogP contribution in [0.2, 0.25) is 0 Å². The molecule has 0 aromatic carbocycles. The van der Waals surface area contributed by atoms with Crippen LogP contribution in [0, 0.1) is 0 Å². The third-order valence-electron chi connectivity index (χ3n) is 1.88. The molecule has 0 aliphatic heterocycles. The zero-order chi connectivity index (χ0) is 13.6. The van der Waals surface area contributed by atoms with E-state index in [9.17, 15) is 4.79 Å².